The quantitative estimate of drug-likeness (QED) is 0.319. The fourth-order valence-corrected chi connectivity index (χ4v) is 4.20. The summed E-state index contributed by atoms with van der Waals surface area (Å²) in [5.74, 6) is 0.895. The lowest BCUT2D eigenvalue weighted by molar-refractivity contribution is 0.0993. The molecular formula is C26H20Cl2N4O. The zero-order chi connectivity index (χ0) is 22.8. The molecule has 1 aromatic heterocycles. The molecule has 1 aliphatic rings. The minimum absolute atomic E-state index is 0.00421. The molecule has 7 heteroatoms. The van der Waals surface area contributed by atoms with Gasteiger partial charge in [-0.25, -0.2) is 4.98 Å². The number of carbonyl (C=O) groups excluding carboxylic acids is 1. The molecule has 2 N–H and O–H groups in total. The van der Waals surface area contributed by atoms with E-state index in [1.54, 1.807) is 12.3 Å². The Hall–Kier alpha value is -3.41. The number of aryl methyl sites for hydroxylation is 2. The van der Waals surface area contributed by atoms with Crippen molar-refractivity contribution in [1.29, 1.82) is 0 Å². The highest BCUT2D eigenvalue weighted by Gasteiger charge is 2.14. The number of fused-ring (bicyclic) bond motifs is 6. The maximum atomic E-state index is 13.2. The minimum atomic E-state index is -0.00421. The molecule has 1 aliphatic heterocycles. The largest absolute Gasteiger partial charge is 0.339 e. The van der Waals surface area contributed by atoms with Crippen LogP contribution in [0.15, 0.2) is 72.9 Å². The summed E-state index contributed by atoms with van der Waals surface area (Å²) in [7, 11) is 0. The third kappa shape index (κ3) is 5.00. The molecule has 3 aromatic carbocycles. The first-order chi connectivity index (χ1) is 16.0. The molecule has 0 amide bonds. The Labute approximate surface area is 201 Å². The maximum absolute atomic E-state index is 13.2. The molecule has 0 atom stereocenters. The fourth-order valence-electron chi connectivity index (χ4n) is 3.86. The van der Waals surface area contributed by atoms with Gasteiger partial charge in [-0.2, -0.15) is 4.98 Å². The Morgan fingerprint density at radius 1 is 0.848 bits per heavy atom. The number of ketones is 1. The monoisotopic (exact) mass is 474 g/mol. The lowest BCUT2D eigenvalue weighted by Gasteiger charge is -2.13. The van der Waals surface area contributed by atoms with Gasteiger partial charge in [-0.15, -0.1) is 0 Å². The number of hydrogen-bond acceptors (Lipinski definition) is 5. The summed E-state index contributed by atoms with van der Waals surface area (Å²) in [5.41, 5.74) is 5.29. The van der Waals surface area contributed by atoms with Crippen LogP contribution < -0.4 is 10.6 Å². The summed E-state index contributed by atoms with van der Waals surface area (Å²) in [6.45, 7) is 0. The second-order valence-electron chi connectivity index (χ2n) is 7.95. The van der Waals surface area contributed by atoms with E-state index in [4.69, 9.17) is 23.2 Å². The number of nitrogens with one attached hydrogen (secondary N) is 2. The van der Waals surface area contributed by atoms with E-state index in [0.29, 0.717) is 27.4 Å². The van der Waals surface area contributed by atoms with E-state index in [1.807, 2.05) is 48.5 Å². The number of halogens is 2. The molecule has 0 fully saturated rings. The molecule has 0 radical (unpaired) electrons. The van der Waals surface area contributed by atoms with Gasteiger partial charge in [0.25, 0.3) is 0 Å². The van der Waals surface area contributed by atoms with E-state index in [9.17, 15) is 4.79 Å². The van der Waals surface area contributed by atoms with Crippen molar-refractivity contribution < 1.29 is 4.79 Å². The summed E-state index contributed by atoms with van der Waals surface area (Å²) in [5, 5.41) is 7.48. The Kier molecular flexibility index (Phi) is 5.99. The molecule has 2 heterocycles. The van der Waals surface area contributed by atoms with Crippen molar-refractivity contribution in [3.63, 3.8) is 0 Å². The van der Waals surface area contributed by atoms with Gasteiger partial charge < -0.3 is 10.6 Å². The number of aromatic nitrogens is 2. The summed E-state index contributed by atoms with van der Waals surface area (Å²) in [4.78, 5) is 22.0. The SMILES string of the molecule is O=C(Cc1ccccc1Cl)c1cc2cc(c1)Nc1nc(ncc1Cl)Nc1cccc(c1)CC2. The number of rotatable bonds is 3. The summed E-state index contributed by atoms with van der Waals surface area (Å²) < 4.78 is 0. The van der Waals surface area contributed by atoms with E-state index >= 15 is 0 Å². The Morgan fingerprint density at radius 3 is 2.55 bits per heavy atom. The van der Waals surface area contributed by atoms with Gasteiger partial charge in [0, 0.05) is 28.4 Å². The van der Waals surface area contributed by atoms with Crippen molar-refractivity contribution in [3.05, 3.63) is 105 Å². The summed E-state index contributed by atoms with van der Waals surface area (Å²) >= 11 is 12.6. The lowest BCUT2D eigenvalue weighted by Crippen LogP contribution is -2.07. The molecular weight excluding hydrogens is 455 g/mol. The molecule has 0 spiro atoms. The van der Waals surface area contributed by atoms with Crippen LogP contribution in [0.5, 0.6) is 0 Å². The van der Waals surface area contributed by atoms with E-state index in [1.165, 1.54) is 5.56 Å². The van der Waals surface area contributed by atoms with Crippen LogP contribution in [0.25, 0.3) is 0 Å². The van der Waals surface area contributed by atoms with E-state index in [2.05, 4.69) is 32.7 Å². The molecule has 0 saturated heterocycles. The molecule has 0 unspecified atom stereocenters. The molecule has 6 bridgehead atoms. The highest BCUT2D eigenvalue weighted by molar-refractivity contribution is 6.33. The van der Waals surface area contributed by atoms with Crippen LogP contribution in [0, 0.1) is 0 Å². The Bertz CT molecular complexity index is 1360. The topological polar surface area (TPSA) is 66.9 Å². The fraction of sp³-hybridized carbons (Fsp3) is 0.115. The van der Waals surface area contributed by atoms with Crippen LogP contribution in [0.4, 0.5) is 23.1 Å². The normalized spacial score (nSPS) is 12.4. The molecule has 4 aromatic rings. The molecule has 5 nitrogen and oxygen atoms in total. The zero-order valence-electron chi connectivity index (χ0n) is 17.6. The average molecular weight is 475 g/mol. The van der Waals surface area contributed by atoms with Gasteiger partial charge in [0.15, 0.2) is 11.6 Å². The van der Waals surface area contributed by atoms with Gasteiger partial charge in [-0.3, -0.25) is 4.79 Å². The first-order valence-corrected chi connectivity index (χ1v) is 11.4. The van der Waals surface area contributed by atoms with Crippen LogP contribution in [0.2, 0.25) is 10.0 Å². The van der Waals surface area contributed by atoms with Gasteiger partial charge in [0.2, 0.25) is 5.95 Å². The van der Waals surface area contributed by atoms with Gasteiger partial charge in [0.05, 0.1) is 6.20 Å². The molecule has 164 valence electrons. The average Bonchev–Trinajstić information content (AvgIpc) is 2.81. The van der Waals surface area contributed by atoms with E-state index in [0.717, 1.165) is 35.3 Å². The highest BCUT2D eigenvalue weighted by atomic mass is 35.5. The Balaban J connectivity index is 1.55. The smallest absolute Gasteiger partial charge is 0.229 e. The van der Waals surface area contributed by atoms with Crippen LogP contribution >= 0.6 is 23.2 Å². The van der Waals surface area contributed by atoms with E-state index in [-0.39, 0.29) is 12.2 Å². The maximum Gasteiger partial charge on any atom is 0.229 e. The molecule has 33 heavy (non-hydrogen) atoms. The van der Waals surface area contributed by atoms with Crippen molar-refractivity contribution >= 4 is 52.1 Å². The van der Waals surface area contributed by atoms with Crippen molar-refractivity contribution in [2.75, 3.05) is 10.6 Å². The second-order valence-corrected chi connectivity index (χ2v) is 8.76. The molecule has 5 rings (SSSR count). The lowest BCUT2D eigenvalue weighted by atomic mass is 9.97. The number of hydrogen-bond donors (Lipinski definition) is 2. The Morgan fingerprint density at radius 2 is 1.67 bits per heavy atom. The highest BCUT2D eigenvalue weighted by Crippen LogP contribution is 2.28. The number of anilines is 4. The second kappa shape index (κ2) is 9.22. The molecule has 0 aliphatic carbocycles. The predicted molar refractivity (Wildman–Crippen MR) is 133 cm³/mol. The first kappa shape index (κ1) is 21.4. The summed E-state index contributed by atoms with van der Waals surface area (Å²) in [6, 6.07) is 21.4. The van der Waals surface area contributed by atoms with Gasteiger partial charge >= 0.3 is 0 Å². The van der Waals surface area contributed by atoms with Crippen molar-refractivity contribution in [2.24, 2.45) is 0 Å². The number of carbonyl (C=O) groups is 1. The van der Waals surface area contributed by atoms with Crippen LogP contribution in [0.1, 0.15) is 27.0 Å². The van der Waals surface area contributed by atoms with Gasteiger partial charge in [-0.1, -0.05) is 53.5 Å². The third-order valence-electron chi connectivity index (χ3n) is 5.52. The first-order valence-electron chi connectivity index (χ1n) is 10.6. The van der Waals surface area contributed by atoms with Crippen molar-refractivity contribution in [2.45, 2.75) is 19.3 Å². The van der Waals surface area contributed by atoms with Gasteiger partial charge in [-0.05, 0) is 65.9 Å². The zero-order valence-corrected chi connectivity index (χ0v) is 19.1. The molecule has 0 saturated carbocycles. The van der Waals surface area contributed by atoms with Crippen LogP contribution in [-0.4, -0.2) is 15.8 Å². The van der Waals surface area contributed by atoms with Crippen LogP contribution in [0.3, 0.4) is 0 Å². The number of nitrogens with zero attached hydrogens (tertiary/aromatic N) is 2. The summed E-state index contributed by atoms with van der Waals surface area (Å²) in [6.07, 6.45) is 3.39. The van der Waals surface area contributed by atoms with Gasteiger partial charge in [0.1, 0.15) is 5.02 Å². The predicted octanol–water partition coefficient (Wildman–Crippen LogP) is 6.79. The van der Waals surface area contributed by atoms with Crippen molar-refractivity contribution in [3.8, 4) is 0 Å². The third-order valence-corrected chi connectivity index (χ3v) is 6.16. The van der Waals surface area contributed by atoms with Crippen LogP contribution in [-0.2, 0) is 19.3 Å². The number of benzene rings is 3. The number of Topliss-reactive ketones (excluding diaryl/α,β-unsaturated/α-hetero) is 1. The van der Waals surface area contributed by atoms with Crippen molar-refractivity contribution in [1.82, 2.24) is 9.97 Å². The van der Waals surface area contributed by atoms with E-state index < -0.39 is 0 Å². The standard InChI is InChI=1S/C26H20Cl2N4O/c27-22-7-2-1-5-18(22)14-24(33)19-10-17-9-8-16-4-3-6-20(11-16)31-26-29-15-23(28)25(32-26)30-21(12-17)13-19/h1-7,10-13,15H,8-9,14H2,(H2,29,30,31,32). The minimum Gasteiger partial charge on any atom is -0.339 e.